The molecule has 0 bridgehead atoms. The third kappa shape index (κ3) is 5.39. The monoisotopic (exact) mass is 894 g/mol. The Morgan fingerprint density at radius 3 is 1.34 bits per heavy atom. The molecule has 2 unspecified atom stereocenters. The second kappa shape index (κ2) is 14.8. The van der Waals surface area contributed by atoms with Crippen molar-refractivity contribution in [1.82, 2.24) is 0 Å². The molecule has 0 radical (unpaired) electrons. The number of hydrogen-bond donors (Lipinski definition) is 0. The number of fused-ring (bicyclic) bond motifs is 8. The zero-order valence-corrected chi connectivity index (χ0v) is 38.0. The Hall–Kier alpha value is -7.94. The molecular formula is C60H40N4OP2. The highest BCUT2D eigenvalue weighted by molar-refractivity contribution is 7.87. The third-order valence-corrected chi connectivity index (χ3v) is 19.4. The molecule has 0 fully saturated rings. The van der Waals surface area contributed by atoms with Crippen LogP contribution in [0, 0.1) is 0 Å². The first kappa shape index (κ1) is 38.3. The van der Waals surface area contributed by atoms with Crippen LogP contribution < -0.4 is 51.4 Å². The molecule has 7 heteroatoms. The maximum absolute atomic E-state index is 17.9. The van der Waals surface area contributed by atoms with Gasteiger partial charge in [0.15, 0.2) is 7.14 Å². The molecule has 10 aromatic carbocycles. The fraction of sp³-hybridized carbons (Fsp3) is 0. The minimum atomic E-state index is -3.68. The first-order valence-corrected chi connectivity index (χ1v) is 25.8. The summed E-state index contributed by atoms with van der Waals surface area (Å²) in [7, 11) is -4.90. The first-order chi connectivity index (χ1) is 33.2. The average molecular weight is 895 g/mol. The zero-order valence-electron chi connectivity index (χ0n) is 36.2. The Kier molecular flexibility index (Phi) is 8.46. The van der Waals surface area contributed by atoms with Crippen LogP contribution in [-0.4, -0.2) is 0 Å². The maximum Gasteiger partial charge on any atom is 0.179 e. The van der Waals surface area contributed by atoms with E-state index in [1.807, 2.05) is 0 Å². The van der Waals surface area contributed by atoms with Crippen molar-refractivity contribution in [2.24, 2.45) is 0 Å². The van der Waals surface area contributed by atoms with Crippen molar-refractivity contribution >= 4 is 115 Å². The van der Waals surface area contributed by atoms with Gasteiger partial charge >= 0.3 is 0 Å². The second-order valence-electron chi connectivity index (χ2n) is 17.2. The lowest BCUT2D eigenvalue weighted by atomic mass is 9.97. The smallest absolute Gasteiger partial charge is 0.179 e. The third-order valence-electron chi connectivity index (χ3n) is 13.7. The van der Waals surface area contributed by atoms with E-state index >= 15 is 4.57 Å². The van der Waals surface area contributed by atoms with Gasteiger partial charge in [-0.25, -0.2) is 0 Å². The van der Waals surface area contributed by atoms with Gasteiger partial charge in [-0.05, 0) is 111 Å². The van der Waals surface area contributed by atoms with Gasteiger partial charge in [0.05, 0.1) is 50.8 Å². The molecule has 0 aliphatic carbocycles. The van der Waals surface area contributed by atoms with Crippen LogP contribution in [0.5, 0.6) is 0 Å². The van der Waals surface area contributed by atoms with Gasteiger partial charge < -0.3 is 24.2 Å². The summed E-state index contributed by atoms with van der Waals surface area (Å²) in [6.07, 6.45) is 0. The fourth-order valence-electron chi connectivity index (χ4n) is 11.1. The van der Waals surface area contributed by atoms with Crippen molar-refractivity contribution in [1.29, 1.82) is 0 Å². The molecule has 4 aliphatic rings. The normalized spacial score (nSPS) is 16.8. The van der Waals surface area contributed by atoms with Gasteiger partial charge in [-0.1, -0.05) is 146 Å². The molecule has 10 aromatic rings. The number of benzene rings is 10. The second-order valence-corrected chi connectivity index (χ2v) is 22.0. The zero-order chi connectivity index (χ0) is 44.2. The Labute approximate surface area is 391 Å². The van der Waals surface area contributed by atoms with Crippen LogP contribution in [0.15, 0.2) is 243 Å². The Balaban J connectivity index is 1.18. The van der Waals surface area contributed by atoms with Crippen LogP contribution in [0.1, 0.15) is 0 Å². The molecule has 67 heavy (non-hydrogen) atoms. The van der Waals surface area contributed by atoms with E-state index in [2.05, 4.69) is 262 Å². The molecule has 5 nitrogen and oxygen atoms in total. The minimum absolute atomic E-state index is 0.843. The predicted octanol–water partition coefficient (Wildman–Crippen LogP) is 13.9. The number of nitrogens with zero attached hydrogens (tertiary/aromatic N) is 4. The quantitative estimate of drug-likeness (QED) is 0.161. The molecule has 0 saturated heterocycles. The minimum Gasteiger partial charge on any atom is -0.309 e. The lowest BCUT2D eigenvalue weighted by molar-refractivity contribution is 0.592. The molecule has 0 amide bonds. The number of anilines is 12. The number of rotatable bonds is 5. The summed E-state index contributed by atoms with van der Waals surface area (Å²) < 4.78 is 17.9. The standard InChI is InChI=1S/C60H40N4OP2/c65-67-54-39-19-17-33-47(54)62(43-26-10-3-11-27-43)50-36-21-37-51(60(50)67)64(45-30-14-5-15-31-45)58-55(67)40-53-57(56(58)41-22-6-1-7-23-41)63(44-28-12-4-13-29-44)49-35-20-34-48-59(49)66(53)52-38-18-16-32-46(52)61(48)42-24-8-2-9-25-42/h1-40H. The largest absolute Gasteiger partial charge is 0.309 e. The van der Waals surface area contributed by atoms with E-state index in [9.17, 15) is 0 Å². The van der Waals surface area contributed by atoms with Gasteiger partial charge in [0, 0.05) is 54.8 Å². The van der Waals surface area contributed by atoms with Crippen LogP contribution in [-0.2, 0) is 4.57 Å². The topological polar surface area (TPSA) is 30.0 Å². The average Bonchev–Trinajstić information content (AvgIpc) is 3.40. The molecule has 0 saturated carbocycles. The van der Waals surface area contributed by atoms with E-state index in [1.165, 1.54) is 15.9 Å². The summed E-state index contributed by atoms with van der Waals surface area (Å²) in [6.45, 7) is 0. The molecule has 0 N–H and O–H groups in total. The highest BCUT2D eigenvalue weighted by atomic mass is 31.2. The van der Waals surface area contributed by atoms with E-state index in [0.717, 1.165) is 95.3 Å². The van der Waals surface area contributed by atoms with Crippen LogP contribution in [0.4, 0.5) is 68.2 Å². The number of para-hydroxylation sites is 6. The van der Waals surface area contributed by atoms with Crippen LogP contribution in [0.3, 0.4) is 0 Å². The summed E-state index contributed by atoms with van der Waals surface area (Å²) in [5.74, 6) is 0. The Bertz CT molecular complexity index is 3650. The molecule has 0 aromatic heterocycles. The summed E-state index contributed by atoms with van der Waals surface area (Å²) in [5.41, 5.74) is 14.6. The summed E-state index contributed by atoms with van der Waals surface area (Å²) in [4.78, 5) is 9.67. The van der Waals surface area contributed by atoms with Gasteiger partial charge in [0.2, 0.25) is 0 Å². The predicted molar refractivity (Wildman–Crippen MR) is 283 cm³/mol. The van der Waals surface area contributed by atoms with Gasteiger partial charge in [0.25, 0.3) is 0 Å². The van der Waals surface area contributed by atoms with Crippen molar-refractivity contribution in [2.45, 2.75) is 0 Å². The van der Waals surface area contributed by atoms with E-state index in [-0.39, 0.29) is 0 Å². The SMILES string of the molecule is O=P12c3ccccc3N(c3ccccc3)c3cccc(c31)N(c1ccccc1)c1c2cc2c(c1-c1ccccc1)N(c1ccccc1)c1cccc3c1P2c1ccccc1N3c1ccccc1. The summed E-state index contributed by atoms with van der Waals surface area (Å²) in [6, 6.07) is 86.7. The lowest BCUT2D eigenvalue weighted by Gasteiger charge is -2.49. The maximum atomic E-state index is 17.9. The van der Waals surface area contributed by atoms with Crippen molar-refractivity contribution < 1.29 is 4.57 Å². The Morgan fingerprint density at radius 2 is 0.746 bits per heavy atom. The highest BCUT2D eigenvalue weighted by Crippen LogP contribution is 2.66. The molecule has 4 aliphatic heterocycles. The number of hydrogen-bond acceptors (Lipinski definition) is 5. The lowest BCUT2D eigenvalue weighted by Crippen LogP contribution is -2.46. The van der Waals surface area contributed by atoms with Crippen LogP contribution in [0.2, 0.25) is 0 Å². The molecule has 316 valence electrons. The molecule has 4 heterocycles. The molecule has 14 rings (SSSR count). The van der Waals surface area contributed by atoms with Gasteiger partial charge in [-0.15, -0.1) is 0 Å². The van der Waals surface area contributed by atoms with Gasteiger partial charge in [0.1, 0.15) is 0 Å². The molecule has 0 spiro atoms. The molecule has 2 atom stereocenters. The van der Waals surface area contributed by atoms with Crippen LogP contribution >= 0.6 is 15.1 Å². The van der Waals surface area contributed by atoms with Crippen molar-refractivity contribution in [3.05, 3.63) is 243 Å². The first-order valence-electron chi connectivity index (χ1n) is 22.7. The summed E-state index contributed by atoms with van der Waals surface area (Å²) in [5, 5.41) is 6.29. The van der Waals surface area contributed by atoms with Crippen molar-refractivity contribution in [3.8, 4) is 11.1 Å². The van der Waals surface area contributed by atoms with E-state index in [1.54, 1.807) is 0 Å². The van der Waals surface area contributed by atoms with Crippen LogP contribution in [0.25, 0.3) is 11.1 Å². The van der Waals surface area contributed by atoms with Crippen molar-refractivity contribution in [3.63, 3.8) is 0 Å². The fourth-order valence-corrected chi connectivity index (χ4v) is 17.4. The van der Waals surface area contributed by atoms with E-state index in [4.69, 9.17) is 0 Å². The Morgan fingerprint density at radius 1 is 0.328 bits per heavy atom. The van der Waals surface area contributed by atoms with E-state index in [0.29, 0.717) is 0 Å². The highest BCUT2D eigenvalue weighted by Gasteiger charge is 2.52. The molecular weight excluding hydrogens is 855 g/mol. The van der Waals surface area contributed by atoms with E-state index < -0.39 is 15.1 Å². The summed E-state index contributed by atoms with van der Waals surface area (Å²) >= 11 is 0. The van der Waals surface area contributed by atoms with Crippen molar-refractivity contribution in [2.75, 3.05) is 19.6 Å². The van der Waals surface area contributed by atoms with Gasteiger partial charge in [-0.3, -0.25) is 0 Å². The van der Waals surface area contributed by atoms with Gasteiger partial charge in [-0.2, -0.15) is 0 Å².